The molecule has 0 saturated heterocycles. The van der Waals surface area contributed by atoms with Gasteiger partial charge in [0.05, 0.1) is 25.2 Å². The molecule has 0 radical (unpaired) electrons. The van der Waals surface area contributed by atoms with Crippen molar-refractivity contribution in [1.29, 1.82) is 0 Å². The molecular formula is C23H26ClF3N6O5S. The van der Waals surface area contributed by atoms with Gasteiger partial charge in [-0.2, -0.15) is 13.2 Å². The zero-order valence-electron chi connectivity index (χ0n) is 21.3. The highest BCUT2D eigenvalue weighted by Gasteiger charge is 2.50. The van der Waals surface area contributed by atoms with Crippen molar-refractivity contribution in [2.75, 3.05) is 26.1 Å². The van der Waals surface area contributed by atoms with Crippen LogP contribution in [0.5, 0.6) is 11.5 Å². The Balaban J connectivity index is 1.76. The highest BCUT2D eigenvalue weighted by atomic mass is 35.5. The van der Waals surface area contributed by atoms with E-state index in [0.717, 1.165) is 0 Å². The largest absolute Gasteiger partial charge is 0.494 e. The second-order valence-corrected chi connectivity index (χ2v) is 11.4. The minimum absolute atomic E-state index is 0.0842. The maximum absolute atomic E-state index is 13.5. The quantitative estimate of drug-likeness (QED) is 0.367. The van der Waals surface area contributed by atoms with Gasteiger partial charge in [0.25, 0.3) is 0 Å². The number of anilines is 1. The van der Waals surface area contributed by atoms with Crippen LogP contribution < -0.4 is 14.2 Å². The van der Waals surface area contributed by atoms with E-state index in [1.54, 1.807) is 18.2 Å². The zero-order valence-corrected chi connectivity index (χ0v) is 22.9. The summed E-state index contributed by atoms with van der Waals surface area (Å²) in [6, 6.07) is 4.84. The van der Waals surface area contributed by atoms with Crippen molar-refractivity contribution in [1.82, 2.24) is 24.7 Å². The van der Waals surface area contributed by atoms with E-state index in [1.165, 1.54) is 45.2 Å². The minimum atomic E-state index is -4.35. The summed E-state index contributed by atoms with van der Waals surface area (Å²) < 4.78 is 86.8. The van der Waals surface area contributed by atoms with E-state index in [1.807, 2.05) is 0 Å². The van der Waals surface area contributed by atoms with Gasteiger partial charge in [0.1, 0.15) is 34.4 Å². The van der Waals surface area contributed by atoms with Crippen LogP contribution in [-0.4, -0.2) is 65.9 Å². The van der Waals surface area contributed by atoms with E-state index in [4.69, 9.17) is 25.8 Å². The molecule has 0 aliphatic heterocycles. The van der Waals surface area contributed by atoms with Crippen LogP contribution >= 0.6 is 11.6 Å². The van der Waals surface area contributed by atoms with Gasteiger partial charge in [-0.15, -0.1) is 10.2 Å². The first kappa shape index (κ1) is 28.8. The highest BCUT2D eigenvalue weighted by Crippen LogP contribution is 2.50. The number of methoxy groups -OCH3 is 3. The van der Waals surface area contributed by atoms with Gasteiger partial charge in [0, 0.05) is 25.4 Å². The molecule has 1 fully saturated rings. The van der Waals surface area contributed by atoms with Crippen molar-refractivity contribution >= 4 is 27.6 Å². The molecule has 4 rings (SSSR count). The summed E-state index contributed by atoms with van der Waals surface area (Å²) in [4.78, 5) is 8.11. The molecule has 11 nitrogen and oxygen atoms in total. The molecule has 0 spiro atoms. The number of nitrogens with zero attached hydrogens (tertiary/aromatic N) is 5. The normalized spacial score (nSPS) is 19.2. The maximum atomic E-state index is 13.5. The van der Waals surface area contributed by atoms with E-state index in [9.17, 15) is 21.6 Å². The second kappa shape index (κ2) is 11.1. The summed E-state index contributed by atoms with van der Waals surface area (Å²) >= 11 is 5.84. The summed E-state index contributed by atoms with van der Waals surface area (Å²) in [5.41, 5.74) is 0.229. The van der Waals surface area contributed by atoms with Gasteiger partial charge in [-0.05, 0) is 31.9 Å². The topological polar surface area (TPSA) is 130 Å². The Morgan fingerprint density at radius 2 is 1.67 bits per heavy atom. The molecular weight excluding hydrogens is 565 g/mol. The van der Waals surface area contributed by atoms with Crippen LogP contribution in [-0.2, 0) is 14.8 Å². The Morgan fingerprint density at radius 3 is 2.18 bits per heavy atom. The summed E-state index contributed by atoms with van der Waals surface area (Å²) in [6.45, 7) is 1.39. The van der Waals surface area contributed by atoms with E-state index in [2.05, 4.69) is 24.9 Å². The molecule has 2 aromatic heterocycles. The van der Waals surface area contributed by atoms with E-state index in [-0.39, 0.29) is 52.6 Å². The Morgan fingerprint density at radius 1 is 1.08 bits per heavy atom. The Bertz CT molecular complexity index is 1390. The predicted molar refractivity (Wildman–Crippen MR) is 135 cm³/mol. The first-order chi connectivity index (χ1) is 18.4. The third-order valence-electron chi connectivity index (χ3n) is 6.58. The highest BCUT2D eigenvalue weighted by molar-refractivity contribution is 7.93. The predicted octanol–water partition coefficient (Wildman–Crippen LogP) is 4.30. The lowest BCUT2D eigenvalue weighted by Crippen LogP contribution is -2.36. The molecule has 0 bridgehead atoms. The minimum Gasteiger partial charge on any atom is -0.494 e. The van der Waals surface area contributed by atoms with Crippen molar-refractivity contribution in [3.63, 3.8) is 0 Å². The number of sulfonamides is 1. The van der Waals surface area contributed by atoms with Crippen molar-refractivity contribution in [2.45, 2.75) is 43.2 Å². The third-order valence-corrected chi connectivity index (χ3v) is 8.47. The third kappa shape index (κ3) is 5.75. The molecule has 3 aromatic rings. The van der Waals surface area contributed by atoms with Gasteiger partial charge >= 0.3 is 6.18 Å². The standard InChI is InChI=1S/C23H26ClF3N6O5S/c1-12(19(38-4)20-28-10-15(24)11-29-20)39(34,35)32-22-31-30-21(13-8-14(9-13)23(25,26)27)33(22)18-16(36-2)6-5-7-17(18)37-3/h5-7,10-14,19H,8-9H2,1-4H3,(H,31,32)/t12-,13-,14-,19-/m0/s1. The number of nitrogens with one attached hydrogen (secondary N) is 1. The molecule has 1 saturated carbocycles. The van der Waals surface area contributed by atoms with Crippen LogP contribution in [0.2, 0.25) is 5.02 Å². The Kier molecular flexibility index (Phi) is 8.23. The summed E-state index contributed by atoms with van der Waals surface area (Å²) in [7, 11) is -0.162. The Hall–Kier alpha value is -3.17. The number of ether oxygens (including phenoxy) is 3. The van der Waals surface area contributed by atoms with Crippen LogP contribution in [0.15, 0.2) is 30.6 Å². The number of para-hydroxylation sites is 1. The molecule has 2 atom stereocenters. The lowest BCUT2D eigenvalue weighted by molar-refractivity contribution is -0.198. The Labute approximate surface area is 227 Å². The van der Waals surface area contributed by atoms with E-state index >= 15 is 0 Å². The lowest BCUT2D eigenvalue weighted by atomic mass is 9.74. The van der Waals surface area contributed by atoms with Crippen molar-refractivity contribution in [3.8, 4) is 17.2 Å². The van der Waals surface area contributed by atoms with Crippen LogP contribution in [0.1, 0.15) is 43.4 Å². The number of rotatable bonds is 10. The van der Waals surface area contributed by atoms with Gasteiger partial charge in [-0.1, -0.05) is 17.7 Å². The first-order valence-corrected chi connectivity index (χ1v) is 13.6. The van der Waals surface area contributed by atoms with Crippen molar-refractivity contribution < 1.29 is 35.8 Å². The number of benzene rings is 1. The molecule has 1 N–H and O–H groups in total. The number of hydrogen-bond donors (Lipinski definition) is 1. The van der Waals surface area contributed by atoms with Crippen LogP contribution in [0.3, 0.4) is 0 Å². The number of aromatic nitrogens is 5. The second-order valence-electron chi connectivity index (χ2n) is 8.90. The fourth-order valence-electron chi connectivity index (χ4n) is 4.35. The van der Waals surface area contributed by atoms with Crippen LogP contribution in [0.4, 0.5) is 19.1 Å². The lowest BCUT2D eigenvalue weighted by Gasteiger charge is -2.36. The monoisotopic (exact) mass is 590 g/mol. The molecule has 0 amide bonds. The van der Waals surface area contributed by atoms with Gasteiger partial charge < -0.3 is 14.2 Å². The molecule has 0 unspecified atom stereocenters. The molecule has 2 heterocycles. The molecule has 1 aliphatic rings. The molecule has 1 aromatic carbocycles. The fourth-order valence-corrected chi connectivity index (χ4v) is 5.58. The van der Waals surface area contributed by atoms with Crippen molar-refractivity contribution in [3.05, 3.63) is 47.3 Å². The number of halogens is 4. The van der Waals surface area contributed by atoms with Gasteiger partial charge in [-0.3, -0.25) is 9.29 Å². The van der Waals surface area contributed by atoms with E-state index < -0.39 is 39.4 Å². The SMILES string of the molecule is COc1cccc(OC)c1-n1c(NS(=O)(=O)[C@@H](C)[C@H](OC)c2ncc(Cl)cn2)nnc1[C@H]1C[C@H](C(F)(F)F)C1. The molecule has 39 heavy (non-hydrogen) atoms. The number of hydrogen-bond acceptors (Lipinski definition) is 9. The average molecular weight is 591 g/mol. The molecule has 16 heteroatoms. The average Bonchev–Trinajstić information content (AvgIpc) is 3.24. The molecule has 1 aliphatic carbocycles. The van der Waals surface area contributed by atoms with Crippen LogP contribution in [0, 0.1) is 5.92 Å². The zero-order chi connectivity index (χ0) is 28.5. The van der Waals surface area contributed by atoms with E-state index in [0.29, 0.717) is 0 Å². The summed E-state index contributed by atoms with van der Waals surface area (Å²) in [6.07, 6.45) is -3.25. The summed E-state index contributed by atoms with van der Waals surface area (Å²) in [5.74, 6) is -1.64. The summed E-state index contributed by atoms with van der Waals surface area (Å²) in [5, 5.41) is 7.13. The van der Waals surface area contributed by atoms with Gasteiger partial charge in [0.2, 0.25) is 16.0 Å². The van der Waals surface area contributed by atoms with Crippen LogP contribution in [0.25, 0.3) is 5.69 Å². The van der Waals surface area contributed by atoms with Crippen molar-refractivity contribution in [2.24, 2.45) is 5.92 Å². The van der Waals surface area contributed by atoms with Gasteiger partial charge in [0.15, 0.2) is 5.82 Å². The maximum Gasteiger partial charge on any atom is 0.391 e. The smallest absolute Gasteiger partial charge is 0.391 e. The fraction of sp³-hybridized carbons (Fsp3) is 0.478. The first-order valence-electron chi connectivity index (χ1n) is 11.7. The number of alkyl halides is 3. The van der Waals surface area contributed by atoms with Gasteiger partial charge in [-0.25, -0.2) is 18.4 Å². The molecule has 212 valence electrons.